The molecule has 0 atom stereocenters. The van der Waals surface area contributed by atoms with E-state index in [1.165, 1.54) is 31.2 Å². The van der Waals surface area contributed by atoms with Gasteiger partial charge in [0.15, 0.2) is 0 Å². The van der Waals surface area contributed by atoms with Gasteiger partial charge in [0.1, 0.15) is 0 Å². The molecule has 0 amide bonds. The third-order valence-corrected chi connectivity index (χ3v) is 5.82. The monoisotopic (exact) mass is 330 g/mol. The zero-order valence-electron chi connectivity index (χ0n) is 15.9. The molecule has 0 radical (unpaired) electrons. The number of hydrogen-bond acceptors (Lipinski definition) is 3. The average molecular weight is 331 g/mol. The number of benzene rings is 1. The van der Waals surface area contributed by atoms with Gasteiger partial charge in [-0.3, -0.25) is 9.80 Å². The molecule has 1 spiro atoms. The van der Waals surface area contributed by atoms with Crippen LogP contribution in [0.1, 0.15) is 52.0 Å². The number of likely N-dealkylation sites (N-methyl/N-ethyl adjacent to an activating group) is 1. The van der Waals surface area contributed by atoms with E-state index in [2.05, 4.69) is 68.0 Å². The van der Waals surface area contributed by atoms with Crippen LogP contribution in [0, 0.1) is 0 Å². The van der Waals surface area contributed by atoms with Crippen LogP contribution in [0.2, 0.25) is 0 Å². The molecule has 1 heterocycles. The Bertz CT molecular complexity index is 520. The van der Waals surface area contributed by atoms with E-state index in [-0.39, 0.29) is 11.2 Å². The lowest BCUT2D eigenvalue weighted by atomic mass is 9.79. The average Bonchev–Trinajstić information content (AvgIpc) is 2.54. The van der Waals surface area contributed by atoms with Crippen molar-refractivity contribution in [3.05, 3.63) is 35.9 Å². The van der Waals surface area contributed by atoms with Crippen molar-refractivity contribution in [3.63, 3.8) is 0 Å². The minimum Gasteiger partial charge on any atom is -0.366 e. The standard InChI is InChI=1S/C21H34N2O/c1-5-23-16-20(2,3)24-21(17-23)13-11-19(12-14-21)22(4)15-18-9-7-6-8-10-18/h6-10,19H,5,11-17H2,1-4H3/t19-,21-. The van der Waals surface area contributed by atoms with E-state index in [0.29, 0.717) is 6.04 Å². The second-order valence-electron chi connectivity index (χ2n) is 8.48. The fraction of sp³-hybridized carbons (Fsp3) is 0.714. The van der Waals surface area contributed by atoms with Crippen molar-refractivity contribution >= 4 is 0 Å². The lowest BCUT2D eigenvalue weighted by Crippen LogP contribution is -2.61. The van der Waals surface area contributed by atoms with Crippen molar-refractivity contribution in [2.45, 2.75) is 70.2 Å². The predicted octanol–water partition coefficient (Wildman–Crippen LogP) is 3.93. The Hall–Kier alpha value is -0.900. The molecule has 1 saturated heterocycles. The van der Waals surface area contributed by atoms with Crippen molar-refractivity contribution in [2.75, 3.05) is 26.7 Å². The summed E-state index contributed by atoms with van der Waals surface area (Å²) in [6.07, 6.45) is 4.88. The molecule has 3 rings (SSSR count). The molecular weight excluding hydrogens is 296 g/mol. The summed E-state index contributed by atoms with van der Waals surface area (Å²) in [7, 11) is 2.28. The molecule has 3 heteroatoms. The smallest absolute Gasteiger partial charge is 0.0817 e. The molecule has 1 aliphatic carbocycles. The Morgan fingerprint density at radius 3 is 2.42 bits per heavy atom. The molecule has 0 N–H and O–H groups in total. The molecular formula is C21H34N2O. The Kier molecular flexibility index (Phi) is 5.33. The Morgan fingerprint density at radius 1 is 1.12 bits per heavy atom. The van der Waals surface area contributed by atoms with Gasteiger partial charge in [0, 0.05) is 25.7 Å². The summed E-state index contributed by atoms with van der Waals surface area (Å²) in [5.74, 6) is 0. The maximum Gasteiger partial charge on any atom is 0.0817 e. The third-order valence-electron chi connectivity index (χ3n) is 5.82. The van der Waals surface area contributed by atoms with Crippen LogP contribution in [0.15, 0.2) is 30.3 Å². The van der Waals surface area contributed by atoms with E-state index in [9.17, 15) is 0 Å². The van der Waals surface area contributed by atoms with Crippen molar-refractivity contribution in [3.8, 4) is 0 Å². The summed E-state index contributed by atoms with van der Waals surface area (Å²) >= 11 is 0. The Labute approximate surface area is 148 Å². The molecule has 2 aliphatic rings. The predicted molar refractivity (Wildman–Crippen MR) is 100 cm³/mol. The molecule has 1 aliphatic heterocycles. The number of hydrogen-bond donors (Lipinski definition) is 0. The molecule has 2 fully saturated rings. The fourth-order valence-electron chi connectivity index (χ4n) is 4.71. The highest BCUT2D eigenvalue weighted by atomic mass is 16.5. The normalized spacial score (nSPS) is 30.8. The summed E-state index contributed by atoms with van der Waals surface area (Å²) < 4.78 is 6.62. The van der Waals surface area contributed by atoms with Crippen LogP contribution in [0.5, 0.6) is 0 Å². The Morgan fingerprint density at radius 2 is 1.79 bits per heavy atom. The summed E-state index contributed by atoms with van der Waals surface area (Å²) in [5.41, 5.74) is 1.48. The quantitative estimate of drug-likeness (QED) is 0.832. The first kappa shape index (κ1) is 17.9. The van der Waals surface area contributed by atoms with Crippen LogP contribution >= 0.6 is 0 Å². The minimum atomic E-state index is -0.0168. The maximum atomic E-state index is 6.62. The van der Waals surface area contributed by atoms with Gasteiger partial charge in [-0.2, -0.15) is 0 Å². The number of ether oxygens (including phenoxy) is 1. The van der Waals surface area contributed by atoms with Gasteiger partial charge in [0.05, 0.1) is 11.2 Å². The lowest BCUT2D eigenvalue weighted by Gasteiger charge is -2.53. The van der Waals surface area contributed by atoms with Gasteiger partial charge in [-0.1, -0.05) is 37.3 Å². The first-order valence-corrected chi connectivity index (χ1v) is 9.58. The first-order chi connectivity index (χ1) is 11.4. The second-order valence-corrected chi connectivity index (χ2v) is 8.48. The number of morpholine rings is 1. The SMILES string of the molecule is CCN1CC(C)(C)O[C@]2(CC[C@H](N(C)Cc3ccccc3)CC2)C1. The van der Waals surface area contributed by atoms with Gasteiger partial charge in [-0.25, -0.2) is 0 Å². The van der Waals surface area contributed by atoms with E-state index >= 15 is 0 Å². The second kappa shape index (κ2) is 7.15. The highest BCUT2D eigenvalue weighted by Gasteiger charge is 2.46. The van der Waals surface area contributed by atoms with Crippen LogP contribution in [-0.4, -0.2) is 53.7 Å². The van der Waals surface area contributed by atoms with E-state index in [4.69, 9.17) is 4.74 Å². The van der Waals surface area contributed by atoms with Crippen molar-refractivity contribution in [1.29, 1.82) is 0 Å². The van der Waals surface area contributed by atoms with Crippen LogP contribution < -0.4 is 0 Å². The van der Waals surface area contributed by atoms with E-state index in [1.54, 1.807) is 0 Å². The Balaban J connectivity index is 1.58. The van der Waals surface area contributed by atoms with E-state index < -0.39 is 0 Å². The van der Waals surface area contributed by atoms with E-state index in [1.807, 2.05) is 0 Å². The van der Waals surface area contributed by atoms with Gasteiger partial charge < -0.3 is 4.74 Å². The van der Waals surface area contributed by atoms with Crippen LogP contribution in [-0.2, 0) is 11.3 Å². The lowest BCUT2D eigenvalue weighted by molar-refractivity contribution is -0.211. The van der Waals surface area contributed by atoms with Gasteiger partial charge in [-0.15, -0.1) is 0 Å². The van der Waals surface area contributed by atoms with Gasteiger partial charge in [0.25, 0.3) is 0 Å². The summed E-state index contributed by atoms with van der Waals surface area (Å²) in [4.78, 5) is 5.12. The number of rotatable bonds is 4. The van der Waals surface area contributed by atoms with Crippen molar-refractivity contribution < 1.29 is 4.74 Å². The molecule has 0 unspecified atom stereocenters. The first-order valence-electron chi connectivity index (χ1n) is 9.58. The maximum absolute atomic E-state index is 6.62. The molecule has 1 saturated carbocycles. The zero-order chi connectivity index (χ0) is 17.2. The summed E-state index contributed by atoms with van der Waals surface area (Å²) in [6, 6.07) is 11.5. The summed E-state index contributed by atoms with van der Waals surface area (Å²) in [6.45, 7) is 11.1. The third kappa shape index (κ3) is 4.19. The largest absolute Gasteiger partial charge is 0.366 e. The molecule has 24 heavy (non-hydrogen) atoms. The minimum absolute atomic E-state index is 0.0168. The molecule has 1 aromatic carbocycles. The zero-order valence-corrected chi connectivity index (χ0v) is 15.9. The fourth-order valence-corrected chi connectivity index (χ4v) is 4.71. The molecule has 134 valence electrons. The topological polar surface area (TPSA) is 15.7 Å². The summed E-state index contributed by atoms with van der Waals surface area (Å²) in [5, 5.41) is 0. The highest BCUT2D eigenvalue weighted by molar-refractivity contribution is 5.14. The van der Waals surface area contributed by atoms with Gasteiger partial charge in [0.2, 0.25) is 0 Å². The van der Waals surface area contributed by atoms with Crippen molar-refractivity contribution in [1.82, 2.24) is 9.80 Å². The van der Waals surface area contributed by atoms with Gasteiger partial charge >= 0.3 is 0 Å². The van der Waals surface area contributed by atoms with E-state index in [0.717, 1.165) is 26.2 Å². The van der Waals surface area contributed by atoms with Crippen LogP contribution in [0.4, 0.5) is 0 Å². The van der Waals surface area contributed by atoms with Crippen LogP contribution in [0.3, 0.4) is 0 Å². The van der Waals surface area contributed by atoms with Gasteiger partial charge in [-0.05, 0) is 58.7 Å². The van der Waals surface area contributed by atoms with Crippen LogP contribution in [0.25, 0.3) is 0 Å². The molecule has 1 aromatic rings. The number of nitrogens with zero attached hydrogens (tertiary/aromatic N) is 2. The molecule has 3 nitrogen and oxygen atoms in total. The van der Waals surface area contributed by atoms with Crippen molar-refractivity contribution in [2.24, 2.45) is 0 Å². The highest BCUT2D eigenvalue weighted by Crippen LogP contribution is 2.40. The molecule has 0 bridgehead atoms. The molecule has 0 aromatic heterocycles.